The van der Waals surface area contributed by atoms with Gasteiger partial charge in [0.2, 0.25) is 12.1 Å². The SMILES string of the molecule is CCOC(=O)C(C)CC(Cc1ccc(C)cc1)NC(=O)c1csc(C(O)CC(C(C)C)N(C)C(=O)C(C)NC2OC2=C2CCCCN2C(=O)OC(C)(C)C)n1. The first kappa shape index (κ1) is 43.7. The van der Waals surface area contributed by atoms with Crippen molar-refractivity contribution < 1.29 is 38.5 Å². The summed E-state index contributed by atoms with van der Waals surface area (Å²) >= 11 is 1.19. The molecule has 6 unspecified atom stereocenters. The minimum absolute atomic E-state index is 0.00179. The maximum Gasteiger partial charge on any atom is 0.414 e. The van der Waals surface area contributed by atoms with Crippen LogP contribution < -0.4 is 10.6 Å². The lowest BCUT2D eigenvalue weighted by molar-refractivity contribution is -0.147. The Morgan fingerprint density at radius 3 is 2.42 bits per heavy atom. The van der Waals surface area contributed by atoms with Crippen LogP contribution in [0.3, 0.4) is 0 Å². The number of esters is 1. The summed E-state index contributed by atoms with van der Waals surface area (Å²) in [6, 6.07) is 6.74. The topological polar surface area (TPSA) is 163 Å². The van der Waals surface area contributed by atoms with Gasteiger partial charge in [-0.15, -0.1) is 11.3 Å². The summed E-state index contributed by atoms with van der Waals surface area (Å²) in [5.74, 6) is -0.642. The smallest absolute Gasteiger partial charge is 0.414 e. The number of hydrogen-bond acceptors (Lipinski definition) is 11. The Kier molecular flexibility index (Phi) is 15.3. The fourth-order valence-electron chi connectivity index (χ4n) is 6.82. The van der Waals surface area contributed by atoms with Gasteiger partial charge in [0.15, 0.2) is 5.76 Å². The van der Waals surface area contributed by atoms with E-state index in [4.69, 9.17) is 14.2 Å². The van der Waals surface area contributed by atoms with Crippen molar-refractivity contribution in [3.8, 4) is 0 Å². The van der Waals surface area contributed by atoms with Gasteiger partial charge in [0.1, 0.15) is 22.4 Å². The number of rotatable bonds is 16. The van der Waals surface area contributed by atoms with Crippen LogP contribution in [0.2, 0.25) is 0 Å². The highest BCUT2D eigenvalue weighted by molar-refractivity contribution is 7.09. The number of carbonyl (C=O) groups excluding carboxylic acids is 4. The van der Waals surface area contributed by atoms with Crippen molar-refractivity contribution in [3.63, 3.8) is 0 Å². The molecule has 2 aliphatic heterocycles. The van der Waals surface area contributed by atoms with E-state index in [1.54, 1.807) is 43.0 Å². The van der Waals surface area contributed by atoms with Crippen LogP contribution in [0.4, 0.5) is 4.79 Å². The predicted molar refractivity (Wildman–Crippen MR) is 211 cm³/mol. The Morgan fingerprint density at radius 1 is 1.09 bits per heavy atom. The van der Waals surface area contributed by atoms with Gasteiger partial charge in [0.25, 0.3) is 5.91 Å². The minimum atomic E-state index is -1.02. The predicted octanol–water partition coefficient (Wildman–Crippen LogP) is 6.26. The molecular weight excluding hydrogens is 723 g/mol. The van der Waals surface area contributed by atoms with Crippen molar-refractivity contribution in [2.75, 3.05) is 20.2 Å². The third kappa shape index (κ3) is 12.5. The van der Waals surface area contributed by atoms with E-state index >= 15 is 0 Å². The Hall–Kier alpha value is -4.01. The third-order valence-corrected chi connectivity index (χ3v) is 10.8. The molecule has 3 N–H and O–H groups in total. The number of allylic oxidation sites excluding steroid dienone is 1. The number of ether oxygens (including phenoxy) is 3. The van der Waals surface area contributed by atoms with Gasteiger partial charge in [-0.1, -0.05) is 50.6 Å². The Morgan fingerprint density at radius 2 is 1.78 bits per heavy atom. The average Bonchev–Trinajstić information content (AvgIpc) is 3.69. The number of amides is 3. The number of hydrogen-bond donors (Lipinski definition) is 3. The van der Waals surface area contributed by atoms with Gasteiger partial charge >= 0.3 is 12.1 Å². The fourth-order valence-corrected chi connectivity index (χ4v) is 7.61. The van der Waals surface area contributed by atoms with Crippen molar-refractivity contribution in [2.45, 2.75) is 137 Å². The molecule has 0 spiro atoms. The van der Waals surface area contributed by atoms with E-state index in [1.165, 1.54) is 11.3 Å². The Balaban J connectivity index is 1.37. The van der Waals surface area contributed by atoms with Crippen LogP contribution >= 0.6 is 11.3 Å². The second kappa shape index (κ2) is 19.2. The van der Waals surface area contributed by atoms with Gasteiger partial charge in [0, 0.05) is 37.5 Å². The zero-order valence-corrected chi connectivity index (χ0v) is 35.0. The molecular formula is C41H61N5O8S. The van der Waals surface area contributed by atoms with E-state index in [0.717, 1.165) is 29.7 Å². The van der Waals surface area contributed by atoms with Crippen LogP contribution in [-0.4, -0.2) is 93.9 Å². The van der Waals surface area contributed by atoms with Crippen LogP contribution in [0.1, 0.15) is 120 Å². The lowest BCUT2D eigenvalue weighted by atomic mass is 9.95. The molecule has 3 amide bonds. The van der Waals surface area contributed by atoms with Crippen molar-refractivity contribution in [1.29, 1.82) is 0 Å². The van der Waals surface area contributed by atoms with Gasteiger partial charge < -0.3 is 29.5 Å². The van der Waals surface area contributed by atoms with Gasteiger partial charge in [-0.25, -0.2) is 9.78 Å². The fraction of sp³-hybridized carbons (Fsp3) is 0.634. The molecule has 0 radical (unpaired) electrons. The zero-order chi connectivity index (χ0) is 40.6. The number of nitrogens with zero attached hydrogens (tertiary/aromatic N) is 3. The highest BCUT2D eigenvalue weighted by atomic mass is 32.1. The molecule has 0 saturated carbocycles. The number of aromatic nitrogens is 1. The highest BCUT2D eigenvalue weighted by Gasteiger charge is 2.43. The standard InChI is InChI=1S/C41H61N5O8S/c1-11-52-39(50)26(5)20-29(21-28-17-15-25(4)16-18-28)43-35(48)30-23-55-37(44-30)33(47)22-32(24(2)3)45(10)38(49)27(6)42-36-34(53-36)31-14-12-13-19-46(31)40(51)54-41(7,8)9/h15-18,23-24,26-27,29,32-33,36,42,47H,11-14,19-22H2,1-10H3,(H,43,48). The lowest BCUT2D eigenvalue weighted by Crippen LogP contribution is -2.50. The molecule has 1 aromatic carbocycles. The number of aryl methyl sites for hydroxylation is 1. The van der Waals surface area contributed by atoms with E-state index in [0.29, 0.717) is 36.6 Å². The molecule has 13 nitrogen and oxygen atoms in total. The van der Waals surface area contributed by atoms with Gasteiger partial charge in [-0.05, 0) is 85.1 Å². The minimum Gasteiger partial charge on any atom is -0.466 e. The van der Waals surface area contributed by atoms with E-state index in [9.17, 15) is 24.3 Å². The molecule has 2 fully saturated rings. The van der Waals surface area contributed by atoms with Gasteiger partial charge in [-0.2, -0.15) is 0 Å². The Labute approximate surface area is 330 Å². The first-order chi connectivity index (χ1) is 25.9. The largest absolute Gasteiger partial charge is 0.466 e. The Bertz CT molecular complexity index is 1670. The molecule has 2 saturated heterocycles. The second-order valence-corrected chi connectivity index (χ2v) is 17.0. The molecule has 3 heterocycles. The summed E-state index contributed by atoms with van der Waals surface area (Å²) in [5.41, 5.74) is 2.51. The van der Waals surface area contributed by atoms with Crippen molar-refractivity contribution in [1.82, 2.24) is 25.4 Å². The molecule has 304 valence electrons. The number of epoxide rings is 1. The van der Waals surface area contributed by atoms with Crippen LogP contribution in [-0.2, 0) is 30.2 Å². The quantitative estimate of drug-likeness (QED) is 0.131. The first-order valence-corrected chi connectivity index (χ1v) is 20.4. The number of aliphatic hydroxyl groups is 1. The summed E-state index contributed by atoms with van der Waals surface area (Å²) in [4.78, 5) is 60.3. The molecule has 2 aliphatic rings. The summed E-state index contributed by atoms with van der Waals surface area (Å²) in [5, 5.41) is 19.7. The zero-order valence-electron chi connectivity index (χ0n) is 34.1. The molecule has 0 aliphatic carbocycles. The molecule has 4 rings (SSSR count). The number of thiazole rings is 1. The maximum atomic E-state index is 13.7. The molecule has 6 atom stereocenters. The molecule has 14 heteroatoms. The molecule has 1 aromatic heterocycles. The first-order valence-electron chi connectivity index (χ1n) is 19.5. The average molecular weight is 784 g/mol. The molecule has 55 heavy (non-hydrogen) atoms. The normalized spacial score (nSPS) is 19.8. The summed E-state index contributed by atoms with van der Waals surface area (Å²) in [6.45, 7) is 17.7. The van der Waals surface area contributed by atoms with Crippen molar-refractivity contribution >= 4 is 35.2 Å². The van der Waals surface area contributed by atoms with Gasteiger partial charge in [0.05, 0.1) is 24.3 Å². The van der Waals surface area contributed by atoms with Crippen molar-refractivity contribution in [3.05, 3.63) is 62.9 Å². The van der Waals surface area contributed by atoms with E-state index in [1.807, 2.05) is 65.8 Å². The lowest BCUT2D eigenvalue weighted by Gasteiger charge is -2.34. The number of likely N-dealkylation sites (N-methyl/N-ethyl adjacent to an activating group) is 1. The summed E-state index contributed by atoms with van der Waals surface area (Å²) in [7, 11) is 1.72. The van der Waals surface area contributed by atoms with Gasteiger partial charge in [-0.3, -0.25) is 24.6 Å². The van der Waals surface area contributed by atoms with Crippen LogP contribution in [0.25, 0.3) is 0 Å². The van der Waals surface area contributed by atoms with E-state index in [2.05, 4.69) is 15.6 Å². The molecule has 2 aromatic rings. The number of nitrogens with one attached hydrogen (secondary N) is 2. The van der Waals surface area contributed by atoms with Crippen molar-refractivity contribution in [2.24, 2.45) is 11.8 Å². The van der Waals surface area contributed by atoms with E-state index in [-0.39, 0.29) is 48.6 Å². The second-order valence-electron chi connectivity index (χ2n) is 16.1. The number of likely N-dealkylation sites (tertiary alicyclic amines) is 1. The maximum absolute atomic E-state index is 13.7. The number of carbonyl (C=O) groups is 4. The number of piperidine rings is 1. The number of benzene rings is 1. The van der Waals surface area contributed by atoms with Crippen LogP contribution in [0.5, 0.6) is 0 Å². The summed E-state index contributed by atoms with van der Waals surface area (Å²) < 4.78 is 16.7. The molecule has 0 bridgehead atoms. The summed E-state index contributed by atoms with van der Waals surface area (Å²) in [6.07, 6.45) is 1.71. The monoisotopic (exact) mass is 783 g/mol. The number of aliphatic hydroxyl groups excluding tert-OH is 1. The van der Waals surface area contributed by atoms with Crippen LogP contribution in [0, 0.1) is 18.8 Å². The highest BCUT2D eigenvalue weighted by Crippen LogP contribution is 2.36. The van der Waals surface area contributed by atoms with E-state index < -0.39 is 41.9 Å². The third-order valence-electron chi connectivity index (χ3n) is 9.85. The van der Waals surface area contributed by atoms with Crippen LogP contribution in [0.15, 0.2) is 41.1 Å².